The zero-order chi connectivity index (χ0) is 24.6. The highest BCUT2D eigenvalue weighted by Crippen LogP contribution is 2.39. The molecule has 0 aliphatic rings. The van der Waals surface area contributed by atoms with Crippen molar-refractivity contribution in [3.05, 3.63) is 47.5 Å². The Labute approximate surface area is 201 Å². The van der Waals surface area contributed by atoms with Gasteiger partial charge >= 0.3 is 0 Å². The second kappa shape index (κ2) is 12.1. The fourth-order valence-corrected chi connectivity index (χ4v) is 5.30. The molecule has 5 heteroatoms. The lowest BCUT2D eigenvalue weighted by Gasteiger charge is -2.40. The third-order valence-corrected chi connectivity index (χ3v) is 16.3. The summed E-state index contributed by atoms with van der Waals surface area (Å²) in [5, 5.41) is 0.427. The molecule has 0 bridgehead atoms. The van der Waals surface area contributed by atoms with Crippen molar-refractivity contribution in [2.24, 2.45) is 0 Å². The maximum Gasteiger partial charge on any atom is 0.192 e. The average Bonchev–Trinajstić information content (AvgIpc) is 2.63. The Balaban J connectivity index is 2.72. The van der Waals surface area contributed by atoms with Gasteiger partial charge in [-0.2, -0.15) is 0 Å². The highest BCUT2D eigenvalue weighted by molar-refractivity contribution is 6.74. The van der Waals surface area contributed by atoms with Gasteiger partial charge in [-0.05, 0) is 61.6 Å². The molecular weight excluding hydrogens is 428 g/mol. The summed E-state index contributed by atoms with van der Waals surface area (Å²) in [6.45, 7) is 27.4. The number of hydrogen-bond acceptors (Lipinski definition) is 3. The summed E-state index contributed by atoms with van der Waals surface area (Å²) in [4.78, 5) is 0. The van der Waals surface area contributed by atoms with E-state index in [1.165, 1.54) is 11.1 Å². The SMILES string of the molecule is C/C(=C\COCc1ccccc1)C[C@@H](CCO[Si](C)(C)C(C)(C)C)O[Si](C)(C)C(C)(C)C. The summed E-state index contributed by atoms with van der Waals surface area (Å²) in [5.41, 5.74) is 2.54. The van der Waals surface area contributed by atoms with E-state index in [9.17, 15) is 0 Å². The molecule has 0 heterocycles. The number of hydrogen-bond donors (Lipinski definition) is 0. The molecule has 1 rings (SSSR count). The Bertz CT molecular complexity index is 698. The van der Waals surface area contributed by atoms with Crippen molar-refractivity contribution in [2.45, 2.75) is 110 Å². The van der Waals surface area contributed by atoms with Crippen LogP contribution < -0.4 is 0 Å². The first-order chi connectivity index (χ1) is 14.6. The third-order valence-electron chi connectivity index (χ3n) is 7.19. The van der Waals surface area contributed by atoms with Crippen LogP contribution in [0.15, 0.2) is 42.0 Å². The Morgan fingerprint density at radius 1 is 0.906 bits per heavy atom. The van der Waals surface area contributed by atoms with Crippen LogP contribution >= 0.6 is 0 Å². The van der Waals surface area contributed by atoms with Crippen LogP contribution in [0.25, 0.3) is 0 Å². The highest BCUT2D eigenvalue weighted by atomic mass is 28.4. The number of ether oxygens (including phenoxy) is 1. The van der Waals surface area contributed by atoms with Gasteiger partial charge in [0.15, 0.2) is 16.6 Å². The molecule has 1 aromatic rings. The summed E-state index contributed by atoms with van der Waals surface area (Å²) in [7, 11) is -3.60. The number of rotatable bonds is 12. The van der Waals surface area contributed by atoms with Crippen molar-refractivity contribution in [3.63, 3.8) is 0 Å². The Kier molecular flexibility index (Phi) is 11.1. The quantitative estimate of drug-likeness (QED) is 0.172. The van der Waals surface area contributed by atoms with Crippen LogP contribution in [0, 0.1) is 0 Å². The maximum absolute atomic E-state index is 6.84. The minimum atomic E-state index is -1.85. The summed E-state index contributed by atoms with van der Waals surface area (Å²) in [6, 6.07) is 10.3. The standard InChI is InChI=1S/C27H50O3Si2/c1-23(17-19-28-22-24-15-13-12-14-16-24)21-25(30-32(10,11)27(5,6)7)18-20-29-31(8,9)26(2,3)4/h12-17,25H,18-22H2,1-11H3/b23-17+/t25-/m1/s1. The molecular formula is C27H50O3Si2. The molecule has 0 N–H and O–H groups in total. The molecule has 0 fully saturated rings. The lowest BCUT2D eigenvalue weighted by atomic mass is 10.1. The van der Waals surface area contributed by atoms with Crippen LogP contribution in [0.4, 0.5) is 0 Å². The van der Waals surface area contributed by atoms with E-state index in [1.807, 2.05) is 6.07 Å². The molecule has 1 atom stereocenters. The fraction of sp³-hybridized carbons (Fsp3) is 0.704. The van der Waals surface area contributed by atoms with Crippen LogP contribution in [0.3, 0.4) is 0 Å². The molecule has 0 saturated carbocycles. The third kappa shape index (κ3) is 10.0. The first kappa shape index (κ1) is 29.3. The van der Waals surface area contributed by atoms with Crippen LogP contribution in [-0.2, 0) is 20.2 Å². The molecule has 0 amide bonds. The van der Waals surface area contributed by atoms with Gasteiger partial charge in [0.2, 0.25) is 0 Å². The zero-order valence-corrected chi connectivity index (χ0v) is 24.8. The van der Waals surface area contributed by atoms with Gasteiger partial charge in [-0.3, -0.25) is 0 Å². The van der Waals surface area contributed by atoms with Crippen molar-refractivity contribution in [1.29, 1.82) is 0 Å². The van der Waals surface area contributed by atoms with Gasteiger partial charge in [0.05, 0.1) is 19.3 Å². The topological polar surface area (TPSA) is 27.7 Å². The van der Waals surface area contributed by atoms with Crippen LogP contribution in [0.2, 0.25) is 36.3 Å². The van der Waals surface area contributed by atoms with Crippen molar-refractivity contribution >= 4 is 16.6 Å². The normalized spacial score (nSPS) is 15.2. The van der Waals surface area contributed by atoms with E-state index in [-0.39, 0.29) is 16.2 Å². The minimum absolute atomic E-state index is 0.186. The predicted octanol–water partition coefficient (Wildman–Crippen LogP) is 8.34. The Morgan fingerprint density at radius 2 is 1.47 bits per heavy atom. The molecule has 0 aromatic heterocycles. The lowest BCUT2D eigenvalue weighted by Crippen LogP contribution is -2.45. The smallest absolute Gasteiger partial charge is 0.192 e. The maximum atomic E-state index is 6.84. The van der Waals surface area contributed by atoms with Crippen molar-refractivity contribution in [1.82, 2.24) is 0 Å². The molecule has 1 aromatic carbocycles. The van der Waals surface area contributed by atoms with Crippen LogP contribution in [0.1, 0.15) is 66.9 Å². The number of benzene rings is 1. The van der Waals surface area contributed by atoms with E-state index in [2.05, 4.69) is 105 Å². The fourth-order valence-electron chi connectivity index (χ4n) is 2.85. The van der Waals surface area contributed by atoms with Gasteiger partial charge in [0.1, 0.15) is 0 Å². The predicted molar refractivity (Wildman–Crippen MR) is 144 cm³/mol. The summed E-state index contributed by atoms with van der Waals surface area (Å²) >= 11 is 0. The van der Waals surface area contributed by atoms with E-state index in [1.54, 1.807) is 0 Å². The van der Waals surface area contributed by atoms with E-state index in [0.29, 0.717) is 13.2 Å². The van der Waals surface area contributed by atoms with Gasteiger partial charge in [-0.25, -0.2) is 0 Å². The van der Waals surface area contributed by atoms with Crippen molar-refractivity contribution in [2.75, 3.05) is 13.2 Å². The first-order valence-electron chi connectivity index (χ1n) is 12.1. The molecule has 0 aliphatic carbocycles. The molecule has 0 unspecified atom stereocenters. The van der Waals surface area contributed by atoms with Crippen molar-refractivity contribution < 1.29 is 13.6 Å². The van der Waals surface area contributed by atoms with Gasteiger partial charge in [-0.1, -0.05) is 83.5 Å². The van der Waals surface area contributed by atoms with Gasteiger partial charge in [-0.15, -0.1) is 0 Å². The first-order valence-corrected chi connectivity index (χ1v) is 18.0. The largest absolute Gasteiger partial charge is 0.417 e. The Hall–Kier alpha value is -0.726. The van der Waals surface area contributed by atoms with E-state index in [4.69, 9.17) is 13.6 Å². The van der Waals surface area contributed by atoms with E-state index < -0.39 is 16.6 Å². The molecule has 0 radical (unpaired) electrons. The summed E-state index contributed by atoms with van der Waals surface area (Å²) in [5.74, 6) is 0. The second-order valence-corrected chi connectivity index (χ2v) is 21.7. The van der Waals surface area contributed by atoms with Crippen molar-refractivity contribution in [3.8, 4) is 0 Å². The summed E-state index contributed by atoms with van der Waals surface area (Å²) in [6.07, 6.45) is 4.27. The minimum Gasteiger partial charge on any atom is -0.417 e. The van der Waals surface area contributed by atoms with Gasteiger partial charge < -0.3 is 13.6 Å². The van der Waals surface area contributed by atoms with E-state index >= 15 is 0 Å². The molecule has 184 valence electrons. The van der Waals surface area contributed by atoms with Gasteiger partial charge in [0, 0.05) is 6.61 Å². The monoisotopic (exact) mass is 478 g/mol. The summed E-state index contributed by atoms with van der Waals surface area (Å²) < 4.78 is 19.2. The van der Waals surface area contributed by atoms with E-state index in [0.717, 1.165) is 19.4 Å². The van der Waals surface area contributed by atoms with Crippen LogP contribution in [-0.4, -0.2) is 36.0 Å². The van der Waals surface area contributed by atoms with Crippen LogP contribution in [0.5, 0.6) is 0 Å². The zero-order valence-electron chi connectivity index (χ0n) is 22.8. The highest BCUT2D eigenvalue weighted by Gasteiger charge is 2.40. The molecule has 0 spiro atoms. The molecule has 32 heavy (non-hydrogen) atoms. The lowest BCUT2D eigenvalue weighted by molar-refractivity contribution is 0.138. The molecule has 0 aliphatic heterocycles. The van der Waals surface area contributed by atoms with Gasteiger partial charge in [0.25, 0.3) is 0 Å². The Morgan fingerprint density at radius 3 is 2.00 bits per heavy atom. The average molecular weight is 479 g/mol. The molecule has 3 nitrogen and oxygen atoms in total. The second-order valence-electron chi connectivity index (χ2n) is 12.2. The molecule has 0 saturated heterocycles.